The van der Waals surface area contributed by atoms with Gasteiger partial charge in [-0.3, -0.25) is 4.79 Å². The van der Waals surface area contributed by atoms with Gasteiger partial charge in [0.15, 0.2) is 0 Å². The van der Waals surface area contributed by atoms with Gasteiger partial charge < -0.3 is 9.73 Å². The van der Waals surface area contributed by atoms with Crippen molar-refractivity contribution in [2.24, 2.45) is 0 Å². The Hall–Kier alpha value is -2.38. The van der Waals surface area contributed by atoms with E-state index in [4.69, 9.17) is 16.0 Å². The van der Waals surface area contributed by atoms with Gasteiger partial charge in [0.25, 0.3) is 5.89 Å². The van der Waals surface area contributed by atoms with E-state index in [1.54, 1.807) is 37.3 Å². The molecule has 0 saturated heterocycles. The molecule has 118 valence electrons. The van der Waals surface area contributed by atoms with Crippen molar-refractivity contribution < 1.29 is 9.21 Å². The molecule has 23 heavy (non-hydrogen) atoms. The Morgan fingerprint density at radius 3 is 2.74 bits per heavy atom. The molecule has 6 nitrogen and oxygen atoms in total. The summed E-state index contributed by atoms with van der Waals surface area (Å²) in [7, 11) is 0. The van der Waals surface area contributed by atoms with E-state index in [0.717, 1.165) is 9.56 Å². The fourth-order valence-corrected chi connectivity index (χ4v) is 2.69. The van der Waals surface area contributed by atoms with Crippen LogP contribution in [0.4, 0.5) is 5.69 Å². The molecule has 2 heterocycles. The van der Waals surface area contributed by atoms with Crippen LogP contribution in [-0.2, 0) is 4.79 Å². The zero-order chi connectivity index (χ0) is 16.4. The van der Waals surface area contributed by atoms with Gasteiger partial charge >= 0.3 is 5.76 Å². The Bertz CT molecular complexity index is 868. The smallest absolute Gasteiger partial charge is 0.387 e. The summed E-state index contributed by atoms with van der Waals surface area (Å²) in [6, 6.07) is 9.49. The van der Waals surface area contributed by atoms with Gasteiger partial charge in [-0.2, -0.15) is 4.68 Å². The Kier molecular flexibility index (Phi) is 4.31. The van der Waals surface area contributed by atoms with Crippen LogP contribution in [-0.4, -0.2) is 15.7 Å². The van der Waals surface area contributed by atoms with Gasteiger partial charge in [0.05, 0.1) is 4.88 Å². The van der Waals surface area contributed by atoms with E-state index in [9.17, 15) is 9.59 Å². The number of amides is 1. The molecule has 1 aromatic carbocycles. The van der Waals surface area contributed by atoms with Crippen LogP contribution in [0.1, 0.15) is 13.0 Å². The van der Waals surface area contributed by atoms with Gasteiger partial charge in [0.2, 0.25) is 5.91 Å². The molecule has 1 amide bonds. The first-order valence-electron chi connectivity index (χ1n) is 6.74. The number of rotatable bonds is 4. The minimum Gasteiger partial charge on any atom is -0.387 e. The molecule has 1 atom stereocenters. The Morgan fingerprint density at radius 1 is 1.35 bits per heavy atom. The molecular weight excluding hydrogens is 338 g/mol. The normalized spacial score (nSPS) is 12.1. The summed E-state index contributed by atoms with van der Waals surface area (Å²) < 4.78 is 6.13. The Morgan fingerprint density at radius 2 is 2.09 bits per heavy atom. The lowest BCUT2D eigenvalue weighted by Crippen LogP contribution is -2.30. The van der Waals surface area contributed by atoms with Crippen molar-refractivity contribution in [2.45, 2.75) is 13.0 Å². The molecule has 3 rings (SSSR count). The van der Waals surface area contributed by atoms with E-state index in [0.29, 0.717) is 10.7 Å². The molecule has 0 aliphatic rings. The van der Waals surface area contributed by atoms with Crippen LogP contribution in [0.15, 0.2) is 51.0 Å². The van der Waals surface area contributed by atoms with Crippen LogP contribution in [0.5, 0.6) is 0 Å². The molecule has 0 spiro atoms. The van der Waals surface area contributed by atoms with Crippen LogP contribution in [0.3, 0.4) is 0 Å². The standard InChI is InChI=1S/C15H12ClN3O3S/c1-9(13(20)17-11-6-4-10(16)5-7-11)19-15(21)22-14(18-19)12-3-2-8-23-12/h2-9H,1H3,(H,17,20)/t9-/m1/s1. The first kappa shape index (κ1) is 15.5. The number of anilines is 1. The molecule has 8 heteroatoms. The Labute approximate surface area is 140 Å². The number of benzene rings is 1. The van der Waals surface area contributed by atoms with E-state index >= 15 is 0 Å². The highest BCUT2D eigenvalue weighted by atomic mass is 35.5. The lowest BCUT2D eigenvalue weighted by molar-refractivity contribution is -0.119. The molecule has 0 aliphatic carbocycles. The minimum absolute atomic E-state index is 0.205. The van der Waals surface area contributed by atoms with E-state index in [2.05, 4.69) is 10.4 Å². The third-order valence-electron chi connectivity index (χ3n) is 3.16. The van der Waals surface area contributed by atoms with Gasteiger partial charge in [-0.25, -0.2) is 4.79 Å². The lowest BCUT2D eigenvalue weighted by atomic mass is 10.3. The second kappa shape index (κ2) is 6.39. The minimum atomic E-state index is -0.810. The van der Waals surface area contributed by atoms with Crippen molar-refractivity contribution in [3.63, 3.8) is 0 Å². The number of halogens is 1. The molecule has 0 unspecified atom stereocenters. The van der Waals surface area contributed by atoms with Crippen molar-refractivity contribution >= 4 is 34.5 Å². The topological polar surface area (TPSA) is 77.1 Å². The summed E-state index contributed by atoms with van der Waals surface area (Å²) in [6.45, 7) is 1.58. The zero-order valence-corrected chi connectivity index (χ0v) is 13.6. The highest BCUT2D eigenvalue weighted by molar-refractivity contribution is 7.13. The first-order valence-corrected chi connectivity index (χ1v) is 8.00. The summed E-state index contributed by atoms with van der Waals surface area (Å²) in [5.74, 6) is -0.844. The maximum absolute atomic E-state index is 12.3. The number of hydrogen-bond acceptors (Lipinski definition) is 5. The van der Waals surface area contributed by atoms with Crippen molar-refractivity contribution in [1.29, 1.82) is 0 Å². The molecule has 0 saturated carbocycles. The van der Waals surface area contributed by atoms with Crippen molar-refractivity contribution in [3.8, 4) is 10.8 Å². The van der Waals surface area contributed by atoms with Crippen molar-refractivity contribution in [2.75, 3.05) is 5.32 Å². The molecule has 3 aromatic rings. The lowest BCUT2D eigenvalue weighted by Gasteiger charge is -2.10. The largest absolute Gasteiger partial charge is 0.438 e. The Balaban J connectivity index is 1.79. The fraction of sp³-hybridized carbons (Fsp3) is 0.133. The molecule has 2 aromatic heterocycles. The number of carbonyl (C=O) groups is 1. The average molecular weight is 350 g/mol. The van der Waals surface area contributed by atoms with Crippen LogP contribution >= 0.6 is 22.9 Å². The second-order valence-electron chi connectivity index (χ2n) is 4.77. The summed E-state index contributed by atoms with van der Waals surface area (Å²) >= 11 is 7.20. The maximum atomic E-state index is 12.3. The number of nitrogens with one attached hydrogen (secondary N) is 1. The van der Waals surface area contributed by atoms with Crippen LogP contribution in [0.25, 0.3) is 10.8 Å². The third-order valence-corrected chi connectivity index (χ3v) is 4.27. The molecule has 0 bridgehead atoms. The van der Waals surface area contributed by atoms with Gasteiger partial charge in [-0.05, 0) is 42.6 Å². The van der Waals surface area contributed by atoms with Gasteiger partial charge in [-0.15, -0.1) is 16.4 Å². The van der Waals surface area contributed by atoms with Gasteiger partial charge in [-0.1, -0.05) is 17.7 Å². The summed E-state index contributed by atoms with van der Waals surface area (Å²) in [6.07, 6.45) is 0. The van der Waals surface area contributed by atoms with Crippen molar-refractivity contribution in [1.82, 2.24) is 9.78 Å². The summed E-state index contributed by atoms with van der Waals surface area (Å²) in [4.78, 5) is 24.9. The highest BCUT2D eigenvalue weighted by Gasteiger charge is 2.21. The van der Waals surface area contributed by atoms with Crippen LogP contribution in [0, 0.1) is 0 Å². The predicted molar refractivity (Wildman–Crippen MR) is 88.9 cm³/mol. The molecule has 0 aliphatic heterocycles. The van der Waals surface area contributed by atoms with Crippen molar-refractivity contribution in [3.05, 3.63) is 57.4 Å². The molecule has 0 fully saturated rings. The second-order valence-corrected chi connectivity index (χ2v) is 6.15. The van der Waals surface area contributed by atoms with Crippen LogP contribution < -0.4 is 11.1 Å². The average Bonchev–Trinajstić information content (AvgIpc) is 3.18. The SMILES string of the molecule is C[C@H](C(=O)Nc1ccc(Cl)cc1)n1nc(-c2cccs2)oc1=O. The molecule has 0 radical (unpaired) electrons. The highest BCUT2D eigenvalue weighted by Crippen LogP contribution is 2.22. The van der Waals surface area contributed by atoms with Gasteiger partial charge in [0, 0.05) is 10.7 Å². The molecular formula is C15H12ClN3O3S. The number of carbonyl (C=O) groups excluding carboxylic acids is 1. The van der Waals surface area contributed by atoms with E-state index < -0.39 is 11.8 Å². The number of aromatic nitrogens is 2. The van der Waals surface area contributed by atoms with E-state index in [-0.39, 0.29) is 11.8 Å². The quantitative estimate of drug-likeness (QED) is 0.783. The van der Waals surface area contributed by atoms with E-state index in [1.807, 2.05) is 11.4 Å². The number of nitrogens with zero attached hydrogens (tertiary/aromatic N) is 2. The first-order chi connectivity index (χ1) is 11.0. The fourth-order valence-electron chi connectivity index (χ4n) is 1.92. The van der Waals surface area contributed by atoms with Gasteiger partial charge in [0.1, 0.15) is 6.04 Å². The monoisotopic (exact) mass is 349 g/mol. The summed E-state index contributed by atoms with van der Waals surface area (Å²) in [5, 5.41) is 9.22. The van der Waals surface area contributed by atoms with Crippen LogP contribution in [0.2, 0.25) is 5.02 Å². The maximum Gasteiger partial charge on any atom is 0.438 e. The number of hydrogen-bond donors (Lipinski definition) is 1. The van der Waals surface area contributed by atoms with E-state index in [1.165, 1.54) is 11.3 Å². The molecule has 1 N–H and O–H groups in total. The predicted octanol–water partition coefficient (Wildman–Crippen LogP) is 3.42. The third kappa shape index (κ3) is 3.35. The zero-order valence-electron chi connectivity index (χ0n) is 12.0. The summed E-state index contributed by atoms with van der Waals surface area (Å²) in [5.41, 5.74) is 0.585. The number of thiophene rings is 1.